The second-order valence-electron chi connectivity index (χ2n) is 4.04. The van der Waals surface area contributed by atoms with Crippen LogP contribution in [-0.4, -0.2) is 19.3 Å². The van der Waals surface area contributed by atoms with Gasteiger partial charge in [-0.2, -0.15) is 5.10 Å². The minimum absolute atomic E-state index is 0.0239. The monoisotopic (exact) mass is 270 g/mol. The van der Waals surface area contributed by atoms with Crippen molar-refractivity contribution >= 4 is 22.9 Å². The van der Waals surface area contributed by atoms with Gasteiger partial charge in [-0.3, -0.25) is 4.57 Å². The molecule has 1 aliphatic heterocycles. The normalized spacial score (nSPS) is 14.9. The van der Waals surface area contributed by atoms with E-state index in [1.165, 1.54) is 16.0 Å². The van der Waals surface area contributed by atoms with Crippen molar-refractivity contribution < 1.29 is 0 Å². The number of aromatic nitrogens is 4. The van der Waals surface area contributed by atoms with E-state index < -0.39 is 0 Å². The highest BCUT2D eigenvalue weighted by atomic mass is 35.5. The lowest BCUT2D eigenvalue weighted by molar-refractivity contribution is 0.511. The molecule has 1 aliphatic rings. The first-order chi connectivity index (χ1) is 8.24. The standard InChI is InChI=1S/C10H11ClN4OS/c11-9-12-5-7(17-9)6-15-10(16)14-4-2-1-3-8(14)13-15/h5H,1-4,6H2. The number of halogens is 1. The third kappa shape index (κ3) is 2.02. The average molecular weight is 271 g/mol. The Hall–Kier alpha value is -1.14. The molecule has 0 atom stereocenters. The van der Waals surface area contributed by atoms with Gasteiger partial charge in [0.1, 0.15) is 5.82 Å². The molecule has 0 bridgehead atoms. The minimum atomic E-state index is -0.0239. The van der Waals surface area contributed by atoms with Crippen LogP contribution in [0.2, 0.25) is 4.47 Å². The lowest BCUT2D eigenvalue weighted by Gasteiger charge is -2.09. The molecule has 0 unspecified atom stereocenters. The smallest absolute Gasteiger partial charge is 0.279 e. The Labute approximate surface area is 107 Å². The predicted molar refractivity (Wildman–Crippen MR) is 65.7 cm³/mol. The molecule has 2 aromatic heterocycles. The summed E-state index contributed by atoms with van der Waals surface area (Å²) in [7, 11) is 0. The zero-order valence-corrected chi connectivity index (χ0v) is 10.7. The molecular formula is C10H11ClN4OS. The van der Waals surface area contributed by atoms with E-state index in [4.69, 9.17) is 11.6 Å². The van der Waals surface area contributed by atoms with E-state index >= 15 is 0 Å². The third-order valence-corrected chi connectivity index (χ3v) is 3.96. The summed E-state index contributed by atoms with van der Waals surface area (Å²) in [5, 5.41) is 4.36. The van der Waals surface area contributed by atoms with Gasteiger partial charge in [-0.1, -0.05) is 11.6 Å². The highest BCUT2D eigenvalue weighted by molar-refractivity contribution is 7.15. The van der Waals surface area contributed by atoms with Gasteiger partial charge in [0.15, 0.2) is 4.47 Å². The average Bonchev–Trinajstić information content (AvgIpc) is 2.86. The van der Waals surface area contributed by atoms with Crippen molar-refractivity contribution in [2.24, 2.45) is 0 Å². The first-order valence-corrected chi connectivity index (χ1v) is 6.70. The highest BCUT2D eigenvalue weighted by Crippen LogP contribution is 2.18. The van der Waals surface area contributed by atoms with Crippen molar-refractivity contribution in [2.45, 2.75) is 32.4 Å². The van der Waals surface area contributed by atoms with Gasteiger partial charge in [0.25, 0.3) is 0 Å². The van der Waals surface area contributed by atoms with Crippen LogP contribution >= 0.6 is 22.9 Å². The molecule has 90 valence electrons. The Balaban J connectivity index is 1.93. The quantitative estimate of drug-likeness (QED) is 0.832. The van der Waals surface area contributed by atoms with Gasteiger partial charge in [0.2, 0.25) is 0 Å². The molecule has 17 heavy (non-hydrogen) atoms. The third-order valence-electron chi connectivity index (χ3n) is 2.86. The van der Waals surface area contributed by atoms with E-state index in [-0.39, 0.29) is 5.69 Å². The van der Waals surface area contributed by atoms with Crippen molar-refractivity contribution in [3.05, 3.63) is 31.8 Å². The second kappa shape index (κ2) is 4.27. The van der Waals surface area contributed by atoms with Gasteiger partial charge < -0.3 is 0 Å². The maximum absolute atomic E-state index is 12.0. The van der Waals surface area contributed by atoms with Crippen LogP contribution in [0.15, 0.2) is 11.0 Å². The van der Waals surface area contributed by atoms with Crippen LogP contribution in [0.3, 0.4) is 0 Å². The Kier molecular flexibility index (Phi) is 2.76. The molecule has 0 aromatic carbocycles. The maximum atomic E-state index is 12.0. The van der Waals surface area contributed by atoms with Crippen LogP contribution in [0.25, 0.3) is 0 Å². The van der Waals surface area contributed by atoms with Crippen LogP contribution in [0, 0.1) is 0 Å². The molecule has 0 saturated heterocycles. The molecule has 3 rings (SSSR count). The summed E-state index contributed by atoms with van der Waals surface area (Å²) in [5.74, 6) is 0.900. The second-order valence-corrected chi connectivity index (χ2v) is 5.74. The van der Waals surface area contributed by atoms with Gasteiger partial charge in [0.05, 0.1) is 6.54 Å². The number of hydrogen-bond acceptors (Lipinski definition) is 4. The molecule has 7 heteroatoms. The van der Waals surface area contributed by atoms with Crippen molar-refractivity contribution in [1.29, 1.82) is 0 Å². The van der Waals surface area contributed by atoms with E-state index in [2.05, 4.69) is 10.1 Å². The number of hydrogen-bond donors (Lipinski definition) is 0. The predicted octanol–water partition coefficient (Wildman–Crippen LogP) is 1.54. The maximum Gasteiger partial charge on any atom is 0.346 e. The SMILES string of the molecule is O=c1n(Cc2cnc(Cl)s2)nc2n1CCCC2. The Morgan fingerprint density at radius 2 is 2.35 bits per heavy atom. The van der Waals surface area contributed by atoms with Crippen molar-refractivity contribution in [3.8, 4) is 0 Å². The first kappa shape index (κ1) is 11.0. The fourth-order valence-electron chi connectivity index (χ4n) is 2.06. The largest absolute Gasteiger partial charge is 0.346 e. The van der Waals surface area contributed by atoms with E-state index in [9.17, 15) is 4.79 Å². The first-order valence-electron chi connectivity index (χ1n) is 5.51. The molecule has 5 nitrogen and oxygen atoms in total. The number of nitrogens with zero attached hydrogens (tertiary/aromatic N) is 4. The molecule has 0 saturated carbocycles. The van der Waals surface area contributed by atoms with Gasteiger partial charge in [-0.05, 0) is 12.8 Å². The van der Waals surface area contributed by atoms with Gasteiger partial charge in [0, 0.05) is 24.0 Å². The molecule has 0 amide bonds. The summed E-state index contributed by atoms with van der Waals surface area (Å²) >= 11 is 7.14. The summed E-state index contributed by atoms with van der Waals surface area (Å²) in [6.45, 7) is 1.25. The zero-order chi connectivity index (χ0) is 11.8. The van der Waals surface area contributed by atoms with E-state index in [1.54, 1.807) is 10.8 Å². The number of rotatable bonds is 2. The number of thiazole rings is 1. The topological polar surface area (TPSA) is 52.7 Å². The van der Waals surface area contributed by atoms with Crippen molar-refractivity contribution in [1.82, 2.24) is 19.3 Å². The fourth-order valence-corrected chi connectivity index (χ4v) is 3.02. The van der Waals surface area contributed by atoms with E-state index in [0.717, 1.165) is 36.5 Å². The molecule has 0 N–H and O–H groups in total. The fraction of sp³-hybridized carbons (Fsp3) is 0.500. The minimum Gasteiger partial charge on any atom is -0.279 e. The lowest BCUT2D eigenvalue weighted by atomic mass is 10.2. The Morgan fingerprint density at radius 1 is 1.47 bits per heavy atom. The molecule has 0 spiro atoms. The summed E-state index contributed by atoms with van der Waals surface area (Å²) in [4.78, 5) is 16.9. The summed E-state index contributed by atoms with van der Waals surface area (Å²) in [5.41, 5.74) is -0.0239. The van der Waals surface area contributed by atoms with Crippen molar-refractivity contribution in [3.63, 3.8) is 0 Å². The van der Waals surface area contributed by atoms with Gasteiger partial charge >= 0.3 is 5.69 Å². The Morgan fingerprint density at radius 3 is 3.06 bits per heavy atom. The van der Waals surface area contributed by atoms with Crippen LogP contribution in [-0.2, 0) is 19.5 Å². The van der Waals surface area contributed by atoms with Crippen LogP contribution in [0.1, 0.15) is 23.5 Å². The molecule has 3 heterocycles. The number of aryl methyl sites for hydroxylation is 1. The zero-order valence-electron chi connectivity index (χ0n) is 9.10. The van der Waals surface area contributed by atoms with Crippen LogP contribution in [0.4, 0.5) is 0 Å². The van der Waals surface area contributed by atoms with Gasteiger partial charge in [-0.25, -0.2) is 14.5 Å². The molecular weight excluding hydrogens is 260 g/mol. The summed E-state index contributed by atoms with van der Waals surface area (Å²) < 4.78 is 3.77. The molecule has 2 aromatic rings. The van der Waals surface area contributed by atoms with Crippen molar-refractivity contribution in [2.75, 3.05) is 0 Å². The van der Waals surface area contributed by atoms with E-state index in [1.807, 2.05) is 0 Å². The lowest BCUT2D eigenvalue weighted by Crippen LogP contribution is -2.27. The summed E-state index contributed by atoms with van der Waals surface area (Å²) in [6.07, 6.45) is 4.76. The van der Waals surface area contributed by atoms with Crippen LogP contribution in [0.5, 0.6) is 0 Å². The van der Waals surface area contributed by atoms with E-state index in [0.29, 0.717) is 11.0 Å². The molecule has 0 aliphatic carbocycles. The molecule has 0 radical (unpaired) electrons. The Bertz CT molecular complexity index is 600. The van der Waals surface area contributed by atoms with Gasteiger partial charge in [-0.15, -0.1) is 11.3 Å². The molecule has 0 fully saturated rings. The number of fused-ring (bicyclic) bond motifs is 1. The van der Waals surface area contributed by atoms with Crippen LogP contribution < -0.4 is 5.69 Å². The highest BCUT2D eigenvalue weighted by Gasteiger charge is 2.16. The summed E-state index contributed by atoms with van der Waals surface area (Å²) in [6, 6.07) is 0.